The third-order valence-electron chi connectivity index (χ3n) is 2.47. The summed E-state index contributed by atoms with van der Waals surface area (Å²) in [6.07, 6.45) is 0.868. The molecule has 0 radical (unpaired) electrons. The first kappa shape index (κ1) is 13.3. The van der Waals surface area contributed by atoms with E-state index in [2.05, 4.69) is 39.4 Å². The van der Waals surface area contributed by atoms with E-state index in [-0.39, 0.29) is 10.6 Å². The second kappa shape index (κ2) is 6.14. The highest BCUT2D eigenvalue weighted by Crippen LogP contribution is 2.26. The number of hydrogen-bond acceptors (Lipinski definition) is 4. The third kappa shape index (κ3) is 3.42. The Kier molecular flexibility index (Phi) is 4.54. The van der Waals surface area contributed by atoms with Crippen molar-refractivity contribution in [1.82, 2.24) is 0 Å². The maximum atomic E-state index is 10.9. The minimum atomic E-state index is -0.352. The Morgan fingerprint density at radius 2 is 2.22 bits per heavy atom. The van der Waals surface area contributed by atoms with E-state index in [1.807, 2.05) is 11.4 Å². The first-order valence-electron chi connectivity index (χ1n) is 5.35. The summed E-state index contributed by atoms with van der Waals surface area (Å²) in [6, 6.07) is 7.26. The van der Waals surface area contributed by atoms with Crippen LogP contribution in [0.15, 0.2) is 35.0 Å². The molecular weight excluding hydrogens is 363 g/mol. The molecule has 0 aliphatic carbocycles. The van der Waals surface area contributed by atoms with E-state index in [0.29, 0.717) is 12.2 Å². The van der Waals surface area contributed by atoms with Gasteiger partial charge in [0, 0.05) is 16.2 Å². The Morgan fingerprint density at radius 3 is 2.89 bits per heavy atom. The van der Waals surface area contributed by atoms with Crippen LogP contribution in [0.25, 0.3) is 0 Å². The van der Waals surface area contributed by atoms with Crippen LogP contribution in [-0.2, 0) is 6.42 Å². The summed E-state index contributed by atoms with van der Waals surface area (Å²) in [5, 5.41) is 18.2. The third-order valence-corrected chi connectivity index (χ3v) is 3.87. The molecule has 1 N–H and O–H groups in total. The molecule has 1 aromatic carbocycles. The number of benzene rings is 1. The zero-order chi connectivity index (χ0) is 13.0. The molecular formula is C12H11IN2O2S. The van der Waals surface area contributed by atoms with Crippen LogP contribution in [0.5, 0.6) is 0 Å². The van der Waals surface area contributed by atoms with Gasteiger partial charge in [-0.1, -0.05) is 0 Å². The van der Waals surface area contributed by atoms with Gasteiger partial charge < -0.3 is 5.32 Å². The average molecular weight is 374 g/mol. The molecule has 18 heavy (non-hydrogen) atoms. The van der Waals surface area contributed by atoms with Crippen molar-refractivity contribution in [2.24, 2.45) is 0 Å². The molecule has 1 heterocycles. The number of nitro groups is 1. The number of rotatable bonds is 5. The molecule has 2 rings (SSSR count). The maximum Gasteiger partial charge on any atom is 0.293 e. The van der Waals surface area contributed by atoms with Crippen molar-refractivity contribution < 1.29 is 4.92 Å². The summed E-state index contributed by atoms with van der Waals surface area (Å²) in [4.78, 5) is 10.6. The van der Waals surface area contributed by atoms with Gasteiger partial charge in [0.2, 0.25) is 0 Å². The van der Waals surface area contributed by atoms with Gasteiger partial charge in [-0.3, -0.25) is 10.1 Å². The predicted octanol–water partition coefficient (Wildman–Crippen LogP) is 3.92. The fourth-order valence-electron chi connectivity index (χ4n) is 1.58. The molecule has 0 amide bonds. The maximum absolute atomic E-state index is 10.9. The first-order valence-corrected chi connectivity index (χ1v) is 7.38. The van der Waals surface area contributed by atoms with Crippen molar-refractivity contribution in [3.8, 4) is 0 Å². The van der Waals surface area contributed by atoms with Crippen LogP contribution in [0.1, 0.15) is 5.56 Å². The molecule has 4 nitrogen and oxygen atoms in total. The monoisotopic (exact) mass is 374 g/mol. The normalized spacial score (nSPS) is 10.3. The van der Waals surface area contributed by atoms with E-state index in [1.54, 1.807) is 23.5 Å². The summed E-state index contributed by atoms with van der Waals surface area (Å²) in [7, 11) is 0. The molecule has 1 aromatic heterocycles. The SMILES string of the molecule is O=[N+]([O-])c1cc(I)ccc1NCCc1ccsc1. The van der Waals surface area contributed by atoms with E-state index in [4.69, 9.17) is 0 Å². The Bertz CT molecular complexity index is 543. The van der Waals surface area contributed by atoms with Crippen molar-refractivity contribution in [3.63, 3.8) is 0 Å². The summed E-state index contributed by atoms with van der Waals surface area (Å²) in [6.45, 7) is 0.693. The van der Waals surface area contributed by atoms with Crippen molar-refractivity contribution in [2.75, 3.05) is 11.9 Å². The minimum Gasteiger partial charge on any atom is -0.379 e. The molecule has 0 bridgehead atoms. The Morgan fingerprint density at radius 1 is 1.39 bits per heavy atom. The van der Waals surface area contributed by atoms with Crippen LogP contribution in [0.4, 0.5) is 11.4 Å². The molecule has 6 heteroatoms. The van der Waals surface area contributed by atoms with Gasteiger partial charge in [-0.25, -0.2) is 0 Å². The van der Waals surface area contributed by atoms with Crippen LogP contribution in [0, 0.1) is 13.7 Å². The van der Waals surface area contributed by atoms with Gasteiger partial charge in [0.05, 0.1) is 4.92 Å². The number of halogens is 1. The first-order chi connectivity index (χ1) is 8.66. The molecule has 0 spiro atoms. The van der Waals surface area contributed by atoms with Gasteiger partial charge in [0.15, 0.2) is 0 Å². The van der Waals surface area contributed by atoms with E-state index in [9.17, 15) is 10.1 Å². The number of hydrogen-bond donors (Lipinski definition) is 1. The van der Waals surface area contributed by atoms with Gasteiger partial charge in [0.25, 0.3) is 5.69 Å². The molecule has 2 aromatic rings. The second-order valence-electron chi connectivity index (χ2n) is 3.73. The lowest BCUT2D eigenvalue weighted by Crippen LogP contribution is -2.06. The van der Waals surface area contributed by atoms with Crippen molar-refractivity contribution >= 4 is 45.3 Å². The highest BCUT2D eigenvalue weighted by Gasteiger charge is 2.13. The molecule has 0 saturated carbocycles. The van der Waals surface area contributed by atoms with Crippen LogP contribution >= 0.6 is 33.9 Å². The average Bonchev–Trinajstić information content (AvgIpc) is 2.84. The number of anilines is 1. The molecule has 0 atom stereocenters. The van der Waals surface area contributed by atoms with Crippen LogP contribution < -0.4 is 5.32 Å². The number of thiophene rings is 1. The molecule has 0 saturated heterocycles. The van der Waals surface area contributed by atoms with Gasteiger partial charge in [-0.05, 0) is 63.5 Å². The zero-order valence-corrected chi connectivity index (χ0v) is 12.4. The topological polar surface area (TPSA) is 55.2 Å². The lowest BCUT2D eigenvalue weighted by molar-refractivity contribution is -0.384. The summed E-state index contributed by atoms with van der Waals surface area (Å²) in [5.41, 5.74) is 1.96. The number of nitro benzene ring substituents is 1. The van der Waals surface area contributed by atoms with Gasteiger partial charge in [0.1, 0.15) is 5.69 Å². The molecule has 0 fully saturated rings. The number of nitrogens with one attached hydrogen (secondary N) is 1. The predicted molar refractivity (Wildman–Crippen MR) is 82.3 cm³/mol. The largest absolute Gasteiger partial charge is 0.379 e. The van der Waals surface area contributed by atoms with E-state index < -0.39 is 0 Å². The van der Waals surface area contributed by atoms with Gasteiger partial charge in [-0.15, -0.1) is 0 Å². The van der Waals surface area contributed by atoms with E-state index in [0.717, 1.165) is 9.99 Å². The van der Waals surface area contributed by atoms with Crippen molar-refractivity contribution in [1.29, 1.82) is 0 Å². The Labute approximate surface area is 122 Å². The fourth-order valence-corrected chi connectivity index (χ4v) is 2.76. The zero-order valence-electron chi connectivity index (χ0n) is 9.43. The Hall–Kier alpha value is -1.15. The quantitative estimate of drug-likeness (QED) is 0.491. The van der Waals surface area contributed by atoms with Gasteiger partial charge >= 0.3 is 0 Å². The fraction of sp³-hybridized carbons (Fsp3) is 0.167. The smallest absolute Gasteiger partial charge is 0.293 e. The summed E-state index contributed by atoms with van der Waals surface area (Å²) >= 11 is 3.73. The molecule has 94 valence electrons. The number of nitrogens with zero attached hydrogens (tertiary/aromatic N) is 1. The molecule has 0 aliphatic rings. The van der Waals surface area contributed by atoms with Gasteiger partial charge in [-0.2, -0.15) is 11.3 Å². The Balaban J connectivity index is 2.02. The second-order valence-corrected chi connectivity index (χ2v) is 5.75. The van der Waals surface area contributed by atoms with Crippen LogP contribution in [-0.4, -0.2) is 11.5 Å². The summed E-state index contributed by atoms with van der Waals surface area (Å²) < 4.78 is 0.864. The lowest BCUT2D eigenvalue weighted by Gasteiger charge is -2.06. The molecule has 0 aliphatic heterocycles. The standard InChI is InChI=1S/C12H11IN2O2S/c13-10-1-2-11(12(7-10)15(16)17)14-5-3-9-4-6-18-8-9/h1-2,4,6-8,14H,3,5H2. The minimum absolute atomic E-state index is 0.132. The highest BCUT2D eigenvalue weighted by atomic mass is 127. The van der Waals surface area contributed by atoms with Crippen LogP contribution in [0.3, 0.4) is 0 Å². The van der Waals surface area contributed by atoms with Crippen molar-refractivity contribution in [3.05, 3.63) is 54.3 Å². The summed E-state index contributed by atoms with van der Waals surface area (Å²) in [5.74, 6) is 0. The lowest BCUT2D eigenvalue weighted by atomic mass is 10.2. The van der Waals surface area contributed by atoms with E-state index in [1.165, 1.54) is 5.56 Å². The van der Waals surface area contributed by atoms with Crippen molar-refractivity contribution in [2.45, 2.75) is 6.42 Å². The van der Waals surface area contributed by atoms with E-state index >= 15 is 0 Å². The molecule has 0 unspecified atom stereocenters. The highest BCUT2D eigenvalue weighted by molar-refractivity contribution is 14.1. The van der Waals surface area contributed by atoms with Crippen LogP contribution in [0.2, 0.25) is 0 Å².